The number of carbonyl (C=O) groups is 1. The van der Waals surface area contributed by atoms with Crippen LogP contribution in [-0.2, 0) is 6.54 Å². The molecule has 0 saturated carbocycles. The smallest absolute Gasteiger partial charge is 0.410 e. The van der Waals surface area contributed by atoms with E-state index < -0.39 is 17.7 Å². The summed E-state index contributed by atoms with van der Waals surface area (Å²) >= 11 is 12.3. The molecule has 34 heavy (non-hydrogen) atoms. The molecule has 1 amide bonds. The number of aromatic nitrogens is 1. The van der Waals surface area contributed by atoms with Gasteiger partial charge in [-0.25, -0.2) is 13.6 Å². The first kappa shape index (κ1) is 24.0. The highest BCUT2D eigenvalue weighted by atomic mass is 35.5. The first-order valence-corrected chi connectivity index (χ1v) is 11.5. The van der Waals surface area contributed by atoms with E-state index in [9.17, 15) is 13.6 Å². The fourth-order valence-corrected chi connectivity index (χ4v) is 4.54. The molecule has 0 atom stereocenters. The zero-order valence-corrected chi connectivity index (χ0v) is 20.1. The van der Waals surface area contributed by atoms with Gasteiger partial charge in [0, 0.05) is 52.3 Å². The minimum Gasteiger partial charge on any atom is -0.410 e. The van der Waals surface area contributed by atoms with Gasteiger partial charge in [-0.2, -0.15) is 0 Å². The largest absolute Gasteiger partial charge is 0.415 e. The number of rotatable bonds is 6. The fraction of sp³-hybridized carbons (Fsp3) is 0.192. The zero-order valence-electron chi connectivity index (χ0n) is 18.6. The van der Waals surface area contributed by atoms with Crippen LogP contribution in [0.4, 0.5) is 13.6 Å². The lowest BCUT2D eigenvalue weighted by Crippen LogP contribution is -2.33. The zero-order chi connectivity index (χ0) is 24.4. The third kappa shape index (κ3) is 4.88. The molecule has 3 aromatic carbocycles. The lowest BCUT2D eigenvalue weighted by atomic mass is 10.00. The van der Waals surface area contributed by atoms with Crippen LogP contribution in [0.15, 0.2) is 60.8 Å². The van der Waals surface area contributed by atoms with Gasteiger partial charge in [-0.15, -0.1) is 0 Å². The summed E-state index contributed by atoms with van der Waals surface area (Å²) in [6.07, 6.45) is 1.36. The Morgan fingerprint density at radius 1 is 0.941 bits per heavy atom. The van der Waals surface area contributed by atoms with Gasteiger partial charge in [0.1, 0.15) is 5.75 Å². The van der Waals surface area contributed by atoms with E-state index in [1.807, 2.05) is 48.9 Å². The van der Waals surface area contributed by atoms with Crippen LogP contribution in [0.5, 0.6) is 5.75 Å². The van der Waals surface area contributed by atoms with Crippen molar-refractivity contribution < 1.29 is 18.3 Å². The molecule has 176 valence electrons. The summed E-state index contributed by atoms with van der Waals surface area (Å²) in [4.78, 5) is 14.2. The van der Waals surface area contributed by atoms with Crippen LogP contribution in [0.3, 0.4) is 0 Å². The van der Waals surface area contributed by atoms with Gasteiger partial charge in [0.05, 0.1) is 0 Å². The molecule has 0 aliphatic carbocycles. The standard InChI is InChI=1S/C26H22Cl2F2N2O2/c1-3-31(4-2)26(33)34-24-8-7-23-20(25(24)17-5-6-21(29)22(30)13-17)9-10-32(23)15-16-11-18(27)14-19(28)12-16/h5-14H,3-4,15H2,1-2H3. The molecule has 0 radical (unpaired) electrons. The average Bonchev–Trinajstić information content (AvgIpc) is 3.18. The second-order valence-electron chi connectivity index (χ2n) is 7.76. The summed E-state index contributed by atoms with van der Waals surface area (Å²) in [5.41, 5.74) is 2.62. The lowest BCUT2D eigenvalue weighted by Gasteiger charge is -2.20. The molecule has 0 aliphatic rings. The molecule has 0 N–H and O–H groups in total. The summed E-state index contributed by atoms with van der Waals surface area (Å²) in [5.74, 6) is -1.67. The highest BCUT2D eigenvalue weighted by Gasteiger charge is 2.20. The van der Waals surface area contributed by atoms with E-state index in [4.69, 9.17) is 27.9 Å². The van der Waals surface area contributed by atoms with Crippen LogP contribution >= 0.6 is 23.2 Å². The topological polar surface area (TPSA) is 34.5 Å². The van der Waals surface area contributed by atoms with Gasteiger partial charge in [0.2, 0.25) is 0 Å². The van der Waals surface area contributed by atoms with Crippen molar-refractivity contribution in [3.05, 3.63) is 88.0 Å². The summed E-state index contributed by atoms with van der Waals surface area (Å²) in [6.45, 7) is 5.16. The minimum absolute atomic E-state index is 0.263. The number of hydrogen-bond donors (Lipinski definition) is 0. The monoisotopic (exact) mass is 502 g/mol. The summed E-state index contributed by atoms with van der Waals surface area (Å²) in [7, 11) is 0. The van der Waals surface area contributed by atoms with E-state index >= 15 is 0 Å². The number of nitrogens with zero attached hydrogens (tertiary/aromatic N) is 2. The van der Waals surface area contributed by atoms with Crippen molar-refractivity contribution in [1.82, 2.24) is 9.47 Å². The molecular formula is C26H22Cl2F2N2O2. The van der Waals surface area contributed by atoms with E-state index in [1.54, 1.807) is 12.1 Å². The van der Waals surface area contributed by atoms with Crippen molar-refractivity contribution in [2.45, 2.75) is 20.4 Å². The van der Waals surface area contributed by atoms with Gasteiger partial charge in [-0.05, 0) is 73.5 Å². The quantitative estimate of drug-likeness (QED) is 0.269. The third-order valence-electron chi connectivity index (χ3n) is 5.62. The number of amides is 1. The Morgan fingerprint density at radius 3 is 2.29 bits per heavy atom. The maximum Gasteiger partial charge on any atom is 0.415 e. The Balaban J connectivity index is 1.84. The normalized spacial score (nSPS) is 11.1. The predicted molar refractivity (Wildman–Crippen MR) is 132 cm³/mol. The van der Waals surface area contributed by atoms with Crippen LogP contribution in [0.25, 0.3) is 22.0 Å². The Hall–Kier alpha value is -3.09. The number of carbonyl (C=O) groups excluding carboxylic acids is 1. The van der Waals surface area contributed by atoms with Crippen LogP contribution in [-0.4, -0.2) is 28.6 Å². The second-order valence-corrected chi connectivity index (χ2v) is 8.63. The molecule has 0 aliphatic heterocycles. The molecular weight excluding hydrogens is 481 g/mol. The first-order chi connectivity index (χ1) is 16.3. The molecule has 4 aromatic rings. The number of ether oxygens (including phenoxy) is 1. The lowest BCUT2D eigenvalue weighted by molar-refractivity contribution is 0.157. The van der Waals surface area contributed by atoms with Gasteiger partial charge in [0.25, 0.3) is 0 Å². The first-order valence-electron chi connectivity index (χ1n) is 10.8. The number of benzene rings is 3. The maximum absolute atomic E-state index is 14.1. The summed E-state index contributed by atoms with van der Waals surface area (Å²) in [5, 5.41) is 1.79. The highest BCUT2D eigenvalue weighted by Crippen LogP contribution is 2.39. The van der Waals surface area contributed by atoms with Crippen LogP contribution < -0.4 is 4.74 Å². The average molecular weight is 503 g/mol. The SMILES string of the molecule is CCN(CC)C(=O)Oc1ccc2c(ccn2Cc2cc(Cl)cc(Cl)c2)c1-c1ccc(F)c(F)c1. The molecule has 4 rings (SSSR count). The second kappa shape index (κ2) is 10.0. The molecule has 0 spiro atoms. The molecule has 0 unspecified atom stereocenters. The molecule has 0 saturated heterocycles. The van der Waals surface area contributed by atoms with Crippen molar-refractivity contribution in [3.8, 4) is 16.9 Å². The Labute approximate surface area is 206 Å². The molecule has 8 heteroatoms. The number of halogens is 4. The van der Waals surface area contributed by atoms with Gasteiger partial charge in [0.15, 0.2) is 11.6 Å². The Bertz CT molecular complexity index is 1350. The van der Waals surface area contributed by atoms with E-state index in [2.05, 4.69) is 0 Å². The van der Waals surface area contributed by atoms with Gasteiger partial charge < -0.3 is 14.2 Å². The van der Waals surface area contributed by atoms with Crippen molar-refractivity contribution >= 4 is 40.2 Å². The maximum atomic E-state index is 14.1. The van der Waals surface area contributed by atoms with Crippen molar-refractivity contribution in [2.75, 3.05) is 13.1 Å². The third-order valence-corrected chi connectivity index (χ3v) is 6.05. The van der Waals surface area contributed by atoms with Crippen LogP contribution in [0.1, 0.15) is 19.4 Å². The van der Waals surface area contributed by atoms with E-state index in [0.717, 1.165) is 28.6 Å². The van der Waals surface area contributed by atoms with E-state index in [-0.39, 0.29) is 5.75 Å². The van der Waals surface area contributed by atoms with E-state index in [1.165, 1.54) is 11.0 Å². The summed E-state index contributed by atoms with van der Waals surface area (Å²) < 4.78 is 35.5. The molecule has 4 nitrogen and oxygen atoms in total. The summed E-state index contributed by atoms with van der Waals surface area (Å²) in [6, 6.07) is 14.3. The minimum atomic E-state index is -0.983. The van der Waals surface area contributed by atoms with Crippen molar-refractivity contribution in [2.24, 2.45) is 0 Å². The Morgan fingerprint density at radius 2 is 1.65 bits per heavy atom. The van der Waals surface area contributed by atoms with Gasteiger partial charge in [-0.1, -0.05) is 29.3 Å². The van der Waals surface area contributed by atoms with Gasteiger partial charge in [-0.3, -0.25) is 0 Å². The van der Waals surface area contributed by atoms with Crippen LogP contribution in [0, 0.1) is 11.6 Å². The molecule has 1 aromatic heterocycles. The van der Waals surface area contributed by atoms with Crippen molar-refractivity contribution in [3.63, 3.8) is 0 Å². The molecule has 0 bridgehead atoms. The number of hydrogen-bond acceptors (Lipinski definition) is 2. The fourth-order valence-electron chi connectivity index (χ4n) is 3.96. The van der Waals surface area contributed by atoms with Crippen LogP contribution in [0.2, 0.25) is 10.0 Å². The van der Waals surface area contributed by atoms with Gasteiger partial charge >= 0.3 is 6.09 Å². The molecule has 0 fully saturated rings. The van der Waals surface area contributed by atoms with Crippen molar-refractivity contribution in [1.29, 1.82) is 0 Å². The van der Waals surface area contributed by atoms with E-state index in [0.29, 0.717) is 40.8 Å². The number of fused-ring (bicyclic) bond motifs is 1. The predicted octanol–water partition coefficient (Wildman–Crippen LogP) is 7.78. The molecule has 1 heterocycles. The highest BCUT2D eigenvalue weighted by molar-refractivity contribution is 6.34. The Kier molecular flexibility index (Phi) is 7.10.